The van der Waals surface area contributed by atoms with Crippen LogP contribution >= 0.6 is 0 Å². The Morgan fingerprint density at radius 2 is 1.91 bits per heavy atom. The van der Waals surface area contributed by atoms with Crippen molar-refractivity contribution < 1.29 is 18.3 Å². The number of hydrogen-bond donors (Lipinski definition) is 2. The van der Waals surface area contributed by atoms with E-state index in [-0.39, 0.29) is 5.82 Å². The molecule has 3 rings (SSSR count). The van der Waals surface area contributed by atoms with Crippen LogP contribution in [0.2, 0.25) is 0 Å². The molecule has 120 valence electrons. The molecule has 1 atom stereocenters. The number of halogens is 3. The molecule has 6 nitrogen and oxygen atoms in total. The maximum Gasteiger partial charge on any atom is 0.416 e. The summed E-state index contributed by atoms with van der Waals surface area (Å²) in [4.78, 5) is 8.03. The van der Waals surface area contributed by atoms with Gasteiger partial charge in [-0.3, -0.25) is 0 Å². The number of aromatic nitrogens is 4. The van der Waals surface area contributed by atoms with E-state index in [0.717, 1.165) is 5.69 Å². The summed E-state index contributed by atoms with van der Waals surface area (Å²) >= 11 is 0. The van der Waals surface area contributed by atoms with Crippen molar-refractivity contribution in [2.75, 3.05) is 11.9 Å². The standard InChI is InChI=1S/C14H12F3N5O/c15-14(16,17)11(23)7-18-12-10-6-21-22(13(10)20-8-19-12)9-4-2-1-3-5-9/h1-6,8,11,23H,7H2,(H,18,19,20)/t11-/m0/s1. The largest absolute Gasteiger partial charge is 0.416 e. The van der Waals surface area contributed by atoms with Crippen LogP contribution in [0.5, 0.6) is 0 Å². The normalized spacial score (nSPS) is 13.2. The Labute approximate surface area is 128 Å². The van der Waals surface area contributed by atoms with E-state index in [1.807, 2.05) is 30.3 Å². The lowest BCUT2D eigenvalue weighted by molar-refractivity contribution is -0.198. The molecule has 0 amide bonds. The van der Waals surface area contributed by atoms with Gasteiger partial charge in [-0.25, -0.2) is 14.6 Å². The molecule has 1 aromatic carbocycles. The predicted molar refractivity (Wildman–Crippen MR) is 77.2 cm³/mol. The van der Waals surface area contributed by atoms with Gasteiger partial charge in [0.1, 0.15) is 12.1 Å². The van der Waals surface area contributed by atoms with Gasteiger partial charge in [0.25, 0.3) is 0 Å². The van der Waals surface area contributed by atoms with Crippen molar-refractivity contribution in [3.63, 3.8) is 0 Å². The zero-order valence-electron chi connectivity index (χ0n) is 11.7. The van der Waals surface area contributed by atoms with E-state index in [4.69, 9.17) is 5.11 Å². The lowest BCUT2D eigenvalue weighted by Gasteiger charge is -2.15. The summed E-state index contributed by atoms with van der Waals surface area (Å²) in [6.45, 7) is -0.702. The molecule has 0 bridgehead atoms. The van der Waals surface area contributed by atoms with Gasteiger partial charge in [-0.15, -0.1) is 0 Å². The van der Waals surface area contributed by atoms with Crippen LogP contribution in [0.1, 0.15) is 0 Å². The lowest BCUT2D eigenvalue weighted by Crippen LogP contribution is -2.35. The van der Waals surface area contributed by atoms with Crippen molar-refractivity contribution in [2.24, 2.45) is 0 Å². The van der Waals surface area contributed by atoms with Gasteiger partial charge in [0, 0.05) is 0 Å². The van der Waals surface area contributed by atoms with E-state index < -0.39 is 18.8 Å². The highest BCUT2D eigenvalue weighted by Crippen LogP contribution is 2.23. The highest BCUT2D eigenvalue weighted by Gasteiger charge is 2.38. The third kappa shape index (κ3) is 3.09. The lowest BCUT2D eigenvalue weighted by atomic mass is 10.3. The number of benzene rings is 1. The molecule has 2 N–H and O–H groups in total. The fraction of sp³-hybridized carbons (Fsp3) is 0.214. The SMILES string of the molecule is O[C@@H](CNc1ncnc2c1cnn2-c1ccccc1)C(F)(F)F. The Balaban J connectivity index is 1.90. The average Bonchev–Trinajstić information content (AvgIpc) is 2.97. The molecule has 0 saturated carbocycles. The van der Waals surface area contributed by atoms with Gasteiger partial charge < -0.3 is 10.4 Å². The zero-order valence-corrected chi connectivity index (χ0v) is 11.7. The molecule has 9 heteroatoms. The van der Waals surface area contributed by atoms with Crippen LogP contribution in [0, 0.1) is 0 Å². The van der Waals surface area contributed by atoms with Gasteiger partial charge in [0.15, 0.2) is 11.8 Å². The van der Waals surface area contributed by atoms with Crippen molar-refractivity contribution >= 4 is 16.9 Å². The number of nitrogens with zero attached hydrogens (tertiary/aromatic N) is 4. The summed E-state index contributed by atoms with van der Waals surface area (Å²) in [5.41, 5.74) is 1.22. The van der Waals surface area contributed by atoms with E-state index in [1.54, 1.807) is 4.68 Å². The van der Waals surface area contributed by atoms with Crippen molar-refractivity contribution in [3.8, 4) is 5.69 Å². The number of rotatable bonds is 4. The minimum Gasteiger partial charge on any atom is -0.382 e. The Morgan fingerprint density at radius 3 is 2.61 bits per heavy atom. The topological polar surface area (TPSA) is 75.9 Å². The van der Waals surface area contributed by atoms with Crippen LogP contribution < -0.4 is 5.32 Å². The Bertz CT molecular complexity index is 803. The van der Waals surface area contributed by atoms with Gasteiger partial charge in [-0.1, -0.05) is 18.2 Å². The van der Waals surface area contributed by atoms with Crippen LogP contribution in [0.3, 0.4) is 0 Å². The molecule has 23 heavy (non-hydrogen) atoms. The molecule has 0 fully saturated rings. The molecule has 2 heterocycles. The summed E-state index contributed by atoms with van der Waals surface area (Å²) < 4.78 is 38.6. The molecule has 3 aromatic rings. The number of fused-ring (bicyclic) bond motifs is 1. The van der Waals surface area contributed by atoms with Crippen LogP contribution in [-0.2, 0) is 0 Å². The van der Waals surface area contributed by atoms with Gasteiger partial charge in [-0.05, 0) is 12.1 Å². The zero-order chi connectivity index (χ0) is 16.4. The highest BCUT2D eigenvalue weighted by molar-refractivity contribution is 5.87. The second-order valence-corrected chi connectivity index (χ2v) is 4.79. The maximum absolute atomic E-state index is 12.4. The van der Waals surface area contributed by atoms with Gasteiger partial charge in [-0.2, -0.15) is 18.3 Å². The third-order valence-corrected chi connectivity index (χ3v) is 3.21. The van der Waals surface area contributed by atoms with E-state index in [0.29, 0.717) is 11.0 Å². The van der Waals surface area contributed by atoms with Crippen molar-refractivity contribution in [1.29, 1.82) is 0 Å². The Morgan fingerprint density at radius 1 is 1.17 bits per heavy atom. The quantitative estimate of drug-likeness (QED) is 0.769. The summed E-state index contributed by atoms with van der Waals surface area (Å²) in [5.74, 6) is 0.181. The van der Waals surface area contributed by atoms with E-state index in [2.05, 4.69) is 20.4 Å². The van der Waals surface area contributed by atoms with Gasteiger partial charge in [0.05, 0.1) is 23.8 Å². The van der Waals surface area contributed by atoms with E-state index in [9.17, 15) is 13.2 Å². The minimum atomic E-state index is -4.69. The molecule has 0 saturated heterocycles. The summed E-state index contributed by atoms with van der Waals surface area (Å²) in [5, 5.41) is 16.2. The number of nitrogens with one attached hydrogen (secondary N) is 1. The molecule has 2 aromatic heterocycles. The van der Waals surface area contributed by atoms with E-state index >= 15 is 0 Å². The fourth-order valence-electron chi connectivity index (χ4n) is 2.05. The van der Waals surface area contributed by atoms with Crippen LogP contribution in [0.25, 0.3) is 16.7 Å². The van der Waals surface area contributed by atoms with Crippen molar-refractivity contribution in [1.82, 2.24) is 19.7 Å². The predicted octanol–water partition coefficient (Wildman–Crippen LogP) is 2.15. The molecule has 0 aliphatic rings. The first kappa shape index (κ1) is 15.2. The Kier molecular flexibility index (Phi) is 3.87. The maximum atomic E-state index is 12.4. The van der Waals surface area contributed by atoms with Crippen molar-refractivity contribution in [2.45, 2.75) is 12.3 Å². The first-order valence-electron chi connectivity index (χ1n) is 6.69. The first-order valence-corrected chi connectivity index (χ1v) is 6.69. The molecule has 0 aliphatic carbocycles. The third-order valence-electron chi connectivity index (χ3n) is 3.21. The molecule has 0 spiro atoms. The Hall–Kier alpha value is -2.68. The summed E-state index contributed by atoms with van der Waals surface area (Å²) in [6, 6.07) is 9.19. The van der Waals surface area contributed by atoms with Crippen LogP contribution in [-0.4, -0.2) is 43.7 Å². The van der Waals surface area contributed by atoms with Crippen LogP contribution in [0.15, 0.2) is 42.9 Å². The number of alkyl halides is 3. The first-order chi connectivity index (χ1) is 11.0. The molecule has 0 aliphatic heterocycles. The summed E-state index contributed by atoms with van der Waals surface area (Å²) in [7, 11) is 0. The summed E-state index contributed by atoms with van der Waals surface area (Å²) in [6.07, 6.45) is -4.47. The molecular formula is C14H12F3N5O. The van der Waals surface area contributed by atoms with Crippen molar-refractivity contribution in [3.05, 3.63) is 42.9 Å². The monoisotopic (exact) mass is 323 g/mol. The number of aliphatic hydroxyl groups is 1. The van der Waals surface area contributed by atoms with E-state index in [1.165, 1.54) is 12.5 Å². The second-order valence-electron chi connectivity index (χ2n) is 4.79. The second kappa shape index (κ2) is 5.84. The number of aliphatic hydroxyl groups excluding tert-OH is 1. The van der Waals surface area contributed by atoms with Gasteiger partial charge in [0.2, 0.25) is 0 Å². The van der Waals surface area contributed by atoms with Gasteiger partial charge >= 0.3 is 6.18 Å². The minimum absolute atomic E-state index is 0.181. The number of para-hydroxylation sites is 1. The molecule has 0 unspecified atom stereocenters. The fourth-order valence-corrected chi connectivity index (χ4v) is 2.05. The van der Waals surface area contributed by atoms with Crippen LogP contribution in [0.4, 0.5) is 19.0 Å². The number of anilines is 1. The average molecular weight is 323 g/mol. The molecule has 0 radical (unpaired) electrons. The molecular weight excluding hydrogens is 311 g/mol. The number of hydrogen-bond acceptors (Lipinski definition) is 5. The highest BCUT2D eigenvalue weighted by atomic mass is 19.4. The smallest absolute Gasteiger partial charge is 0.382 e.